The fourth-order valence-electron chi connectivity index (χ4n) is 1.66. The maximum Gasteiger partial charge on any atom is 0.306 e. The molecule has 24 heavy (non-hydrogen) atoms. The molecule has 0 aliphatic carbocycles. The molecule has 0 fully saturated rings. The first-order valence-electron chi connectivity index (χ1n) is 6.89. The highest BCUT2D eigenvalue weighted by atomic mass is 32.2. The van der Waals surface area contributed by atoms with E-state index in [0.29, 0.717) is 9.47 Å². The van der Waals surface area contributed by atoms with E-state index in [1.165, 1.54) is 29.2 Å². The zero-order chi connectivity index (χ0) is 17.7. The number of carbonyl (C=O) groups excluding carboxylic acids is 1. The molecule has 1 atom stereocenters. The largest absolute Gasteiger partial charge is 0.360 e. The second kappa shape index (κ2) is 8.02. The number of amides is 1. The number of hydrogen-bond donors (Lipinski definition) is 2. The van der Waals surface area contributed by atoms with E-state index >= 15 is 0 Å². The van der Waals surface area contributed by atoms with Gasteiger partial charge in [-0.15, -0.1) is 10.2 Å². The number of halogens is 1. The Morgan fingerprint density at radius 3 is 2.92 bits per heavy atom. The molecular weight excluding hydrogens is 357 g/mol. The van der Waals surface area contributed by atoms with Crippen molar-refractivity contribution >= 4 is 45.5 Å². The van der Waals surface area contributed by atoms with Crippen LogP contribution in [0.5, 0.6) is 0 Å². The van der Waals surface area contributed by atoms with E-state index in [0.717, 1.165) is 18.7 Å². The van der Waals surface area contributed by atoms with Gasteiger partial charge < -0.3 is 10.6 Å². The number of aromatic nitrogens is 2. The van der Waals surface area contributed by atoms with Crippen molar-refractivity contribution in [2.24, 2.45) is 0 Å². The van der Waals surface area contributed by atoms with E-state index in [2.05, 4.69) is 20.8 Å². The monoisotopic (exact) mass is 371 g/mol. The highest BCUT2D eigenvalue weighted by Gasteiger charge is 2.19. The molecule has 0 bridgehead atoms. The summed E-state index contributed by atoms with van der Waals surface area (Å²) in [5.41, 5.74) is -0.529. The van der Waals surface area contributed by atoms with Crippen LogP contribution in [0, 0.1) is 15.9 Å². The Morgan fingerprint density at radius 1 is 1.50 bits per heavy atom. The first-order valence-corrected chi connectivity index (χ1v) is 8.59. The Labute approximate surface area is 145 Å². The van der Waals surface area contributed by atoms with Gasteiger partial charge in [-0.25, -0.2) is 0 Å². The van der Waals surface area contributed by atoms with Crippen LogP contribution in [0.25, 0.3) is 0 Å². The van der Waals surface area contributed by atoms with Gasteiger partial charge >= 0.3 is 5.69 Å². The molecule has 0 spiro atoms. The van der Waals surface area contributed by atoms with Crippen molar-refractivity contribution in [1.29, 1.82) is 0 Å². The number of nitrogens with zero attached hydrogens (tertiary/aromatic N) is 3. The third-order valence-electron chi connectivity index (χ3n) is 2.79. The van der Waals surface area contributed by atoms with Crippen molar-refractivity contribution < 1.29 is 14.1 Å². The number of nitro groups is 1. The first kappa shape index (κ1) is 18.1. The van der Waals surface area contributed by atoms with Gasteiger partial charge in [-0.2, -0.15) is 4.39 Å². The minimum absolute atomic E-state index is 0.158. The Hall–Kier alpha value is -2.27. The summed E-state index contributed by atoms with van der Waals surface area (Å²) < 4.78 is 13.9. The Kier molecular flexibility index (Phi) is 6.04. The number of nitrogens with one attached hydrogen (secondary N) is 2. The van der Waals surface area contributed by atoms with Crippen molar-refractivity contribution in [1.82, 2.24) is 10.2 Å². The van der Waals surface area contributed by atoms with E-state index in [4.69, 9.17) is 0 Å². The van der Waals surface area contributed by atoms with Crippen molar-refractivity contribution in [3.05, 3.63) is 34.1 Å². The van der Waals surface area contributed by atoms with Crippen molar-refractivity contribution in [2.45, 2.75) is 23.4 Å². The van der Waals surface area contributed by atoms with Crippen LogP contribution in [-0.4, -0.2) is 32.8 Å². The normalized spacial score (nSPS) is 11.8. The SMILES string of the molecule is CCNc1nnc(S[C@@H](C)C(=O)Nc2ccc(F)c([N+](=O)[O-])c2)s1. The van der Waals surface area contributed by atoms with Crippen LogP contribution in [0.1, 0.15) is 13.8 Å². The van der Waals surface area contributed by atoms with Gasteiger partial charge in [-0.05, 0) is 26.0 Å². The molecule has 2 rings (SSSR count). The average Bonchev–Trinajstić information content (AvgIpc) is 2.96. The highest BCUT2D eigenvalue weighted by Crippen LogP contribution is 2.29. The number of carbonyl (C=O) groups is 1. The summed E-state index contributed by atoms with van der Waals surface area (Å²) in [7, 11) is 0. The lowest BCUT2D eigenvalue weighted by Crippen LogP contribution is -2.22. The molecule has 0 radical (unpaired) electrons. The van der Waals surface area contributed by atoms with Crippen LogP contribution >= 0.6 is 23.1 Å². The summed E-state index contributed by atoms with van der Waals surface area (Å²) >= 11 is 2.54. The summed E-state index contributed by atoms with van der Waals surface area (Å²) in [5, 5.41) is 24.3. The molecule has 11 heteroatoms. The van der Waals surface area contributed by atoms with Crippen LogP contribution in [0.15, 0.2) is 22.5 Å². The highest BCUT2D eigenvalue weighted by molar-refractivity contribution is 8.02. The Morgan fingerprint density at radius 2 is 2.25 bits per heavy atom. The molecule has 0 aliphatic heterocycles. The van der Waals surface area contributed by atoms with Crippen molar-refractivity contribution in [3.8, 4) is 0 Å². The summed E-state index contributed by atoms with van der Waals surface area (Å²) in [5.74, 6) is -1.33. The van der Waals surface area contributed by atoms with Crippen molar-refractivity contribution in [3.63, 3.8) is 0 Å². The molecule has 0 saturated carbocycles. The smallest absolute Gasteiger partial charge is 0.306 e. The van der Waals surface area contributed by atoms with Gasteiger partial charge in [0.2, 0.25) is 16.9 Å². The second-order valence-electron chi connectivity index (χ2n) is 4.58. The molecule has 1 aromatic heterocycles. The Bertz CT molecular complexity index is 755. The predicted molar refractivity (Wildman–Crippen MR) is 91.1 cm³/mol. The van der Waals surface area contributed by atoms with Crippen LogP contribution < -0.4 is 10.6 Å². The number of benzene rings is 1. The molecule has 1 aromatic carbocycles. The molecule has 0 unspecified atom stereocenters. The summed E-state index contributed by atoms with van der Waals surface area (Å²) in [6.07, 6.45) is 0. The van der Waals surface area contributed by atoms with Gasteiger partial charge in [0.15, 0.2) is 4.34 Å². The number of anilines is 2. The maximum absolute atomic E-state index is 13.3. The molecule has 2 aromatic rings. The molecule has 128 valence electrons. The summed E-state index contributed by atoms with van der Waals surface area (Å²) in [6.45, 7) is 4.33. The molecule has 8 nitrogen and oxygen atoms in total. The zero-order valence-corrected chi connectivity index (χ0v) is 14.4. The van der Waals surface area contributed by atoms with Gasteiger partial charge in [0.1, 0.15) is 0 Å². The van der Waals surface area contributed by atoms with Crippen LogP contribution in [0.4, 0.5) is 20.9 Å². The topological polar surface area (TPSA) is 110 Å². The van der Waals surface area contributed by atoms with E-state index in [1.54, 1.807) is 6.92 Å². The average molecular weight is 371 g/mol. The minimum Gasteiger partial charge on any atom is -0.360 e. The molecule has 1 heterocycles. The summed E-state index contributed by atoms with van der Waals surface area (Å²) in [4.78, 5) is 22.0. The Balaban J connectivity index is 2.00. The van der Waals surface area contributed by atoms with E-state index in [-0.39, 0.29) is 11.6 Å². The number of nitro benzene ring substituents is 1. The minimum atomic E-state index is -0.953. The lowest BCUT2D eigenvalue weighted by molar-refractivity contribution is -0.387. The number of rotatable bonds is 7. The lowest BCUT2D eigenvalue weighted by Gasteiger charge is -2.10. The lowest BCUT2D eigenvalue weighted by atomic mass is 10.2. The van der Waals surface area contributed by atoms with Gasteiger partial charge in [-0.3, -0.25) is 14.9 Å². The zero-order valence-electron chi connectivity index (χ0n) is 12.8. The maximum atomic E-state index is 13.3. The fraction of sp³-hybridized carbons (Fsp3) is 0.308. The van der Waals surface area contributed by atoms with E-state index in [9.17, 15) is 19.3 Å². The number of hydrogen-bond acceptors (Lipinski definition) is 8. The molecular formula is C13H14FN5O3S2. The van der Waals surface area contributed by atoms with Gasteiger partial charge in [0, 0.05) is 18.3 Å². The van der Waals surface area contributed by atoms with E-state index in [1.807, 2.05) is 6.92 Å². The summed E-state index contributed by atoms with van der Waals surface area (Å²) in [6, 6.07) is 3.20. The predicted octanol–water partition coefficient (Wildman–Crippen LogP) is 3.14. The third kappa shape index (κ3) is 4.61. The molecule has 0 saturated heterocycles. The van der Waals surface area contributed by atoms with Gasteiger partial charge in [-0.1, -0.05) is 23.1 Å². The van der Waals surface area contributed by atoms with E-state index < -0.39 is 21.7 Å². The van der Waals surface area contributed by atoms with Crippen LogP contribution in [-0.2, 0) is 4.79 Å². The molecule has 0 aliphatic rings. The molecule has 2 N–H and O–H groups in total. The third-order valence-corrected chi connectivity index (χ3v) is 4.86. The van der Waals surface area contributed by atoms with Gasteiger partial charge in [0.25, 0.3) is 0 Å². The van der Waals surface area contributed by atoms with Crippen LogP contribution in [0.2, 0.25) is 0 Å². The number of thioether (sulfide) groups is 1. The quantitative estimate of drug-likeness (QED) is 0.437. The van der Waals surface area contributed by atoms with Gasteiger partial charge in [0.05, 0.1) is 10.2 Å². The standard InChI is InChI=1S/C13H14FN5O3S2/c1-3-15-12-17-18-13(24-12)23-7(2)11(20)16-8-4-5-9(14)10(6-8)19(21)22/h4-7H,3H2,1-2H3,(H,15,17)(H,16,20)/t7-/m0/s1. The fourth-order valence-corrected chi connectivity index (χ4v) is 3.62. The first-order chi connectivity index (χ1) is 11.4. The van der Waals surface area contributed by atoms with Crippen LogP contribution in [0.3, 0.4) is 0 Å². The molecule has 1 amide bonds. The second-order valence-corrected chi connectivity index (χ2v) is 7.14. The van der Waals surface area contributed by atoms with Crippen molar-refractivity contribution in [2.75, 3.05) is 17.2 Å².